The molecule has 0 saturated carbocycles. The van der Waals surface area contributed by atoms with Gasteiger partial charge >= 0.3 is 0 Å². The lowest BCUT2D eigenvalue weighted by Crippen LogP contribution is -2.53. The maximum atomic E-state index is 12.8. The Balaban J connectivity index is 4.25. The van der Waals surface area contributed by atoms with E-state index in [1.54, 1.807) is 0 Å². The molecule has 0 aromatic heterocycles. The Labute approximate surface area is 133 Å². The first-order chi connectivity index (χ1) is 10.1. The Hall–Kier alpha value is -0.370. The zero-order chi connectivity index (χ0) is 16.1. The maximum absolute atomic E-state index is 12.8. The average Bonchev–Trinajstić information content (AvgIpc) is 2.51. The van der Waals surface area contributed by atoms with Crippen molar-refractivity contribution in [1.29, 1.82) is 0 Å². The number of rotatable bonds is 14. The quantitative estimate of drug-likeness (QED) is 0.389. The molecule has 126 valence electrons. The Morgan fingerprint density at radius 2 is 1.24 bits per heavy atom. The van der Waals surface area contributed by atoms with Crippen LogP contribution in [0.25, 0.3) is 0 Å². The molecule has 0 atom stereocenters. The molecule has 0 aliphatic heterocycles. The number of Topliss-reactive ketones (excluding diaryl/α,β-unsaturated/α-hetero) is 1. The van der Waals surface area contributed by atoms with E-state index >= 15 is 0 Å². The van der Waals surface area contributed by atoms with Crippen LogP contribution in [0, 0.1) is 0 Å². The fourth-order valence-electron chi connectivity index (χ4n) is 3.57. The summed E-state index contributed by atoms with van der Waals surface area (Å²) in [6.07, 6.45) is 11.6. The molecule has 0 rings (SSSR count). The fraction of sp³-hybridized carbons (Fsp3) is 0.947. The van der Waals surface area contributed by atoms with Gasteiger partial charge in [-0.3, -0.25) is 9.69 Å². The second kappa shape index (κ2) is 12.2. The second-order valence-corrected chi connectivity index (χ2v) is 6.21. The molecule has 0 radical (unpaired) electrons. The summed E-state index contributed by atoms with van der Waals surface area (Å²) >= 11 is 0. The van der Waals surface area contributed by atoms with Gasteiger partial charge < -0.3 is 0 Å². The molecule has 0 saturated heterocycles. The lowest BCUT2D eigenvalue weighted by atomic mass is 9.83. The first kappa shape index (κ1) is 20.6. The summed E-state index contributed by atoms with van der Waals surface area (Å²) in [5.74, 6) is 0.477. The second-order valence-electron chi connectivity index (χ2n) is 6.21. The minimum absolute atomic E-state index is 0.203. The van der Waals surface area contributed by atoms with Crippen LogP contribution in [0.2, 0.25) is 0 Å². The first-order valence-electron chi connectivity index (χ1n) is 9.41. The summed E-state index contributed by atoms with van der Waals surface area (Å²) in [5.41, 5.74) is -0.203. The number of unbranched alkanes of at least 4 members (excludes halogenated alkanes) is 6. The van der Waals surface area contributed by atoms with E-state index in [0.29, 0.717) is 5.78 Å². The van der Waals surface area contributed by atoms with Gasteiger partial charge in [0.2, 0.25) is 0 Å². The number of hydrogen-bond acceptors (Lipinski definition) is 2. The third kappa shape index (κ3) is 6.50. The molecule has 0 fully saturated rings. The third-order valence-electron chi connectivity index (χ3n) is 5.06. The van der Waals surface area contributed by atoms with E-state index in [1.807, 2.05) is 0 Å². The number of ketones is 1. The molecular weight excluding hydrogens is 258 g/mol. The maximum Gasteiger partial charge on any atom is 0.153 e. The van der Waals surface area contributed by atoms with Crippen LogP contribution in [-0.4, -0.2) is 29.3 Å². The van der Waals surface area contributed by atoms with Gasteiger partial charge in [0.15, 0.2) is 5.78 Å². The van der Waals surface area contributed by atoms with Gasteiger partial charge in [-0.1, -0.05) is 73.1 Å². The van der Waals surface area contributed by atoms with Crippen molar-refractivity contribution >= 4 is 5.78 Å². The smallest absolute Gasteiger partial charge is 0.153 e. The molecule has 0 bridgehead atoms. The van der Waals surface area contributed by atoms with Gasteiger partial charge in [-0.25, -0.2) is 0 Å². The van der Waals surface area contributed by atoms with Crippen LogP contribution < -0.4 is 0 Å². The largest absolute Gasteiger partial charge is 0.298 e. The standard InChI is InChI=1S/C19H39NO/c1-6-11-12-13-14-15-16-17-18(21)19(7-2,8-3)20(9-4)10-5/h6-17H2,1-5H3. The van der Waals surface area contributed by atoms with Crippen molar-refractivity contribution in [2.45, 2.75) is 104 Å². The number of nitrogens with zero attached hydrogens (tertiary/aromatic N) is 1. The predicted octanol–water partition coefficient (Wildman–Crippen LogP) is 5.60. The minimum Gasteiger partial charge on any atom is -0.298 e. The van der Waals surface area contributed by atoms with E-state index in [0.717, 1.165) is 38.8 Å². The zero-order valence-corrected chi connectivity index (χ0v) is 15.3. The van der Waals surface area contributed by atoms with E-state index in [-0.39, 0.29) is 5.54 Å². The van der Waals surface area contributed by atoms with Crippen LogP contribution >= 0.6 is 0 Å². The molecule has 0 amide bonds. The van der Waals surface area contributed by atoms with E-state index in [2.05, 4.69) is 39.5 Å². The molecule has 2 heteroatoms. The number of hydrogen-bond donors (Lipinski definition) is 0. The lowest BCUT2D eigenvalue weighted by Gasteiger charge is -2.41. The van der Waals surface area contributed by atoms with Gasteiger partial charge in [-0.15, -0.1) is 0 Å². The average molecular weight is 298 g/mol. The molecule has 0 spiro atoms. The normalized spacial score (nSPS) is 12.1. The van der Waals surface area contributed by atoms with Crippen molar-refractivity contribution in [3.63, 3.8) is 0 Å². The molecule has 0 aliphatic carbocycles. The third-order valence-corrected chi connectivity index (χ3v) is 5.06. The lowest BCUT2D eigenvalue weighted by molar-refractivity contribution is -0.132. The SMILES string of the molecule is CCCCCCCCCC(=O)C(CC)(CC)N(CC)CC. The van der Waals surface area contributed by atoms with Crippen molar-refractivity contribution in [3.8, 4) is 0 Å². The highest BCUT2D eigenvalue weighted by Crippen LogP contribution is 2.27. The number of carbonyl (C=O) groups is 1. The van der Waals surface area contributed by atoms with Gasteiger partial charge in [-0.05, 0) is 32.4 Å². The molecule has 0 aromatic rings. The van der Waals surface area contributed by atoms with Gasteiger partial charge in [0.25, 0.3) is 0 Å². The Kier molecular flexibility index (Phi) is 12.0. The Morgan fingerprint density at radius 1 is 0.762 bits per heavy atom. The molecular formula is C19H39NO. The first-order valence-corrected chi connectivity index (χ1v) is 9.41. The highest BCUT2D eigenvalue weighted by Gasteiger charge is 2.38. The van der Waals surface area contributed by atoms with Crippen LogP contribution in [0.3, 0.4) is 0 Å². The van der Waals surface area contributed by atoms with E-state index in [9.17, 15) is 4.79 Å². The summed E-state index contributed by atoms with van der Waals surface area (Å²) in [5, 5.41) is 0. The zero-order valence-electron chi connectivity index (χ0n) is 15.3. The molecule has 0 aromatic carbocycles. The van der Waals surface area contributed by atoms with Gasteiger partial charge in [-0.2, -0.15) is 0 Å². The summed E-state index contributed by atoms with van der Waals surface area (Å²) < 4.78 is 0. The molecule has 2 nitrogen and oxygen atoms in total. The van der Waals surface area contributed by atoms with Crippen LogP contribution in [0.5, 0.6) is 0 Å². The molecule has 21 heavy (non-hydrogen) atoms. The Bertz CT molecular complexity index is 254. The molecule has 0 N–H and O–H groups in total. The van der Waals surface area contributed by atoms with Crippen molar-refractivity contribution in [2.24, 2.45) is 0 Å². The van der Waals surface area contributed by atoms with E-state index < -0.39 is 0 Å². The van der Waals surface area contributed by atoms with E-state index in [4.69, 9.17) is 0 Å². The summed E-state index contributed by atoms with van der Waals surface area (Å²) in [7, 11) is 0. The van der Waals surface area contributed by atoms with Crippen molar-refractivity contribution < 1.29 is 4.79 Å². The van der Waals surface area contributed by atoms with Crippen molar-refractivity contribution in [3.05, 3.63) is 0 Å². The molecule has 0 unspecified atom stereocenters. The van der Waals surface area contributed by atoms with Crippen LogP contribution in [0.4, 0.5) is 0 Å². The van der Waals surface area contributed by atoms with Crippen LogP contribution in [-0.2, 0) is 4.79 Å². The van der Waals surface area contributed by atoms with Gasteiger partial charge in [0.05, 0.1) is 5.54 Å². The highest BCUT2D eigenvalue weighted by molar-refractivity contribution is 5.88. The number of likely N-dealkylation sites (N-methyl/N-ethyl adjacent to an activating group) is 1. The van der Waals surface area contributed by atoms with Crippen LogP contribution in [0.1, 0.15) is 98.8 Å². The molecule has 0 heterocycles. The number of carbonyl (C=O) groups excluding carboxylic acids is 1. The molecule has 0 aliphatic rings. The monoisotopic (exact) mass is 297 g/mol. The van der Waals surface area contributed by atoms with Crippen LogP contribution in [0.15, 0.2) is 0 Å². The summed E-state index contributed by atoms with van der Waals surface area (Å²) in [6, 6.07) is 0. The summed E-state index contributed by atoms with van der Waals surface area (Å²) in [4.78, 5) is 15.2. The predicted molar refractivity (Wildman–Crippen MR) is 93.9 cm³/mol. The topological polar surface area (TPSA) is 20.3 Å². The fourth-order valence-corrected chi connectivity index (χ4v) is 3.57. The van der Waals surface area contributed by atoms with Gasteiger partial charge in [0.1, 0.15) is 0 Å². The highest BCUT2D eigenvalue weighted by atomic mass is 16.1. The van der Waals surface area contributed by atoms with Gasteiger partial charge in [0, 0.05) is 6.42 Å². The minimum atomic E-state index is -0.203. The summed E-state index contributed by atoms with van der Waals surface area (Å²) in [6.45, 7) is 12.9. The van der Waals surface area contributed by atoms with Crippen molar-refractivity contribution in [2.75, 3.05) is 13.1 Å². The van der Waals surface area contributed by atoms with Crippen molar-refractivity contribution in [1.82, 2.24) is 4.90 Å². The Morgan fingerprint density at radius 3 is 1.67 bits per heavy atom. The van der Waals surface area contributed by atoms with E-state index in [1.165, 1.54) is 38.5 Å².